The lowest BCUT2D eigenvalue weighted by molar-refractivity contribution is 0.600. The van der Waals surface area contributed by atoms with Gasteiger partial charge in [0.2, 0.25) is 0 Å². The van der Waals surface area contributed by atoms with Gasteiger partial charge in [0.05, 0.1) is 10.6 Å². The Labute approximate surface area is 122 Å². The van der Waals surface area contributed by atoms with Gasteiger partial charge in [-0.1, -0.05) is 0 Å². The number of anilines is 2. The number of sulfonamides is 1. The van der Waals surface area contributed by atoms with Gasteiger partial charge in [-0.3, -0.25) is 9.71 Å². The molecule has 0 saturated heterocycles. The first-order chi connectivity index (χ1) is 9.70. The van der Waals surface area contributed by atoms with Crippen LogP contribution in [0.15, 0.2) is 52.5 Å². The number of hydrogen-bond acceptors (Lipinski definition) is 6. The fourth-order valence-corrected chi connectivity index (χ4v) is 3.36. The molecular weight excluding hydrogens is 314 g/mol. The summed E-state index contributed by atoms with van der Waals surface area (Å²) in [6.45, 7) is 0. The van der Waals surface area contributed by atoms with Crippen molar-refractivity contribution >= 4 is 31.2 Å². The Balaban J connectivity index is 2.32. The molecule has 0 radical (unpaired) electrons. The molecule has 1 heterocycles. The van der Waals surface area contributed by atoms with Crippen molar-refractivity contribution in [2.75, 3.05) is 16.7 Å². The van der Waals surface area contributed by atoms with Crippen LogP contribution in [0.5, 0.6) is 0 Å². The fraction of sp³-hybridized carbons (Fsp3) is 0.0833. The summed E-state index contributed by atoms with van der Waals surface area (Å²) < 4.78 is 49.3. The van der Waals surface area contributed by atoms with Crippen molar-refractivity contribution in [1.82, 2.24) is 4.98 Å². The zero-order chi connectivity index (χ0) is 15.7. The molecule has 0 aliphatic heterocycles. The van der Waals surface area contributed by atoms with Crippen LogP contribution >= 0.6 is 0 Å². The molecule has 0 saturated carbocycles. The predicted octanol–water partition coefficient (Wildman–Crippen LogP) is 0.868. The summed E-state index contributed by atoms with van der Waals surface area (Å²) in [6.07, 6.45) is 3.60. The average molecular weight is 327 g/mol. The van der Waals surface area contributed by atoms with Gasteiger partial charge in [0.15, 0.2) is 9.84 Å². The van der Waals surface area contributed by atoms with E-state index in [0.717, 1.165) is 12.5 Å². The molecule has 0 bridgehead atoms. The van der Waals surface area contributed by atoms with E-state index in [1.165, 1.54) is 36.5 Å². The van der Waals surface area contributed by atoms with E-state index >= 15 is 0 Å². The highest BCUT2D eigenvalue weighted by atomic mass is 32.2. The molecule has 0 amide bonds. The second kappa shape index (κ2) is 5.34. The van der Waals surface area contributed by atoms with Gasteiger partial charge in [-0.2, -0.15) is 0 Å². The number of sulfone groups is 1. The molecule has 9 heteroatoms. The first kappa shape index (κ1) is 15.3. The van der Waals surface area contributed by atoms with Crippen LogP contribution in [0.4, 0.5) is 11.4 Å². The van der Waals surface area contributed by atoms with Gasteiger partial charge in [0.1, 0.15) is 4.90 Å². The van der Waals surface area contributed by atoms with Crippen molar-refractivity contribution in [3.05, 3.63) is 42.7 Å². The second-order valence-electron chi connectivity index (χ2n) is 4.32. The Morgan fingerprint density at radius 2 is 1.67 bits per heavy atom. The summed E-state index contributed by atoms with van der Waals surface area (Å²) >= 11 is 0. The molecule has 0 spiro atoms. The topological polar surface area (TPSA) is 119 Å². The lowest BCUT2D eigenvalue weighted by atomic mass is 10.3. The molecule has 112 valence electrons. The van der Waals surface area contributed by atoms with Gasteiger partial charge in [-0.05, 0) is 30.3 Å². The first-order valence-electron chi connectivity index (χ1n) is 5.72. The summed E-state index contributed by atoms with van der Waals surface area (Å²) in [5.41, 5.74) is 5.90. The third kappa shape index (κ3) is 3.50. The molecule has 3 N–H and O–H groups in total. The lowest BCUT2D eigenvalue weighted by Gasteiger charge is -2.09. The zero-order valence-electron chi connectivity index (χ0n) is 11.0. The quantitative estimate of drug-likeness (QED) is 0.860. The highest BCUT2D eigenvalue weighted by Crippen LogP contribution is 2.21. The van der Waals surface area contributed by atoms with E-state index in [0.29, 0.717) is 0 Å². The van der Waals surface area contributed by atoms with Gasteiger partial charge in [-0.15, -0.1) is 0 Å². The number of nitrogens with two attached hydrogens (primary N) is 1. The molecule has 1 aromatic heterocycles. The van der Waals surface area contributed by atoms with Gasteiger partial charge in [-0.25, -0.2) is 16.8 Å². The Kier molecular flexibility index (Phi) is 3.88. The Hall–Kier alpha value is -2.13. The smallest absolute Gasteiger partial charge is 0.265 e. The maximum absolute atomic E-state index is 12.2. The normalized spacial score (nSPS) is 12.0. The molecule has 0 atom stereocenters. The van der Waals surface area contributed by atoms with E-state index in [1.807, 2.05) is 0 Å². The van der Waals surface area contributed by atoms with Crippen molar-refractivity contribution in [3.8, 4) is 0 Å². The summed E-state index contributed by atoms with van der Waals surface area (Å²) in [6, 6.07) is 6.74. The minimum atomic E-state index is -3.88. The van der Waals surface area contributed by atoms with Crippen molar-refractivity contribution in [2.24, 2.45) is 0 Å². The van der Waals surface area contributed by atoms with Gasteiger partial charge in [0.25, 0.3) is 10.0 Å². The molecular formula is C12H13N3O4S2. The zero-order valence-corrected chi connectivity index (χ0v) is 12.6. The highest BCUT2D eigenvalue weighted by Gasteiger charge is 2.18. The number of benzene rings is 1. The van der Waals surface area contributed by atoms with Crippen LogP contribution in [0.25, 0.3) is 0 Å². The highest BCUT2D eigenvalue weighted by molar-refractivity contribution is 7.93. The van der Waals surface area contributed by atoms with Gasteiger partial charge >= 0.3 is 0 Å². The van der Waals surface area contributed by atoms with E-state index < -0.39 is 19.9 Å². The molecule has 2 aromatic rings. The van der Waals surface area contributed by atoms with Crippen LogP contribution in [0.3, 0.4) is 0 Å². The Morgan fingerprint density at radius 1 is 1.05 bits per heavy atom. The third-order valence-electron chi connectivity index (χ3n) is 2.64. The molecule has 0 aliphatic carbocycles. The van der Waals surface area contributed by atoms with Crippen LogP contribution in [0.1, 0.15) is 0 Å². The van der Waals surface area contributed by atoms with E-state index in [2.05, 4.69) is 9.71 Å². The largest absolute Gasteiger partial charge is 0.398 e. The van der Waals surface area contributed by atoms with Crippen LogP contribution < -0.4 is 10.5 Å². The number of nitrogens with zero attached hydrogens (tertiary/aromatic N) is 1. The third-order valence-corrected chi connectivity index (χ3v) is 5.19. The van der Waals surface area contributed by atoms with Gasteiger partial charge in [0, 0.05) is 24.3 Å². The van der Waals surface area contributed by atoms with E-state index in [9.17, 15) is 16.8 Å². The lowest BCUT2D eigenvalue weighted by Crippen LogP contribution is -2.15. The summed E-state index contributed by atoms with van der Waals surface area (Å²) in [5, 5.41) is 0. The minimum absolute atomic E-state index is 0.0743. The summed E-state index contributed by atoms with van der Waals surface area (Å²) in [5.74, 6) is 0. The molecule has 1 aromatic carbocycles. The Bertz CT molecular complexity index is 860. The fourth-order valence-electron chi connectivity index (χ4n) is 1.60. The number of hydrogen-bond donors (Lipinski definition) is 2. The van der Waals surface area contributed by atoms with E-state index in [1.54, 1.807) is 0 Å². The SMILES string of the molecule is CS(=O)(=O)c1ccc(NS(=O)(=O)c2cnccc2N)cc1. The van der Waals surface area contributed by atoms with Crippen LogP contribution in [0, 0.1) is 0 Å². The first-order valence-corrected chi connectivity index (χ1v) is 9.10. The monoisotopic (exact) mass is 327 g/mol. The van der Waals surface area contributed by atoms with Gasteiger partial charge < -0.3 is 5.73 Å². The predicted molar refractivity (Wildman–Crippen MR) is 79.0 cm³/mol. The standard InChI is InChI=1S/C12H13N3O4S2/c1-20(16,17)10-4-2-9(3-5-10)15-21(18,19)12-8-14-7-6-11(12)13/h2-8,15H,1H3,(H2,13,14). The molecule has 0 unspecified atom stereocenters. The van der Waals surface area contributed by atoms with Crippen LogP contribution in [-0.4, -0.2) is 28.1 Å². The number of rotatable bonds is 4. The molecule has 2 rings (SSSR count). The second-order valence-corrected chi connectivity index (χ2v) is 7.98. The number of nitrogens with one attached hydrogen (secondary N) is 1. The van der Waals surface area contributed by atoms with E-state index in [-0.39, 0.29) is 21.2 Å². The van der Waals surface area contributed by atoms with Crippen molar-refractivity contribution < 1.29 is 16.8 Å². The Morgan fingerprint density at radius 3 is 2.19 bits per heavy atom. The molecule has 21 heavy (non-hydrogen) atoms. The average Bonchev–Trinajstić information content (AvgIpc) is 2.38. The minimum Gasteiger partial charge on any atom is -0.398 e. The van der Waals surface area contributed by atoms with Crippen LogP contribution in [-0.2, 0) is 19.9 Å². The summed E-state index contributed by atoms with van der Waals surface area (Å²) in [7, 11) is -7.21. The number of aromatic nitrogens is 1. The molecule has 0 fully saturated rings. The van der Waals surface area contributed by atoms with Crippen molar-refractivity contribution in [2.45, 2.75) is 9.79 Å². The maximum Gasteiger partial charge on any atom is 0.265 e. The maximum atomic E-state index is 12.2. The van der Waals surface area contributed by atoms with Crippen molar-refractivity contribution in [3.63, 3.8) is 0 Å². The van der Waals surface area contributed by atoms with Crippen molar-refractivity contribution in [1.29, 1.82) is 0 Å². The number of pyridine rings is 1. The van der Waals surface area contributed by atoms with E-state index in [4.69, 9.17) is 5.73 Å². The number of nitrogen functional groups attached to an aromatic ring is 1. The molecule has 0 aliphatic rings. The van der Waals surface area contributed by atoms with Crippen LogP contribution in [0.2, 0.25) is 0 Å². The molecule has 7 nitrogen and oxygen atoms in total. The summed E-state index contributed by atoms with van der Waals surface area (Å²) in [4.78, 5) is 3.68.